The molecule has 2 heterocycles. The maximum absolute atomic E-state index is 6.29. The van der Waals surface area contributed by atoms with E-state index in [9.17, 15) is 0 Å². The van der Waals surface area contributed by atoms with Crippen molar-refractivity contribution in [2.24, 2.45) is 0 Å². The van der Waals surface area contributed by atoms with Crippen LogP contribution >= 0.6 is 35.6 Å². The number of fused-ring (bicyclic) bond motifs is 2. The predicted octanol–water partition coefficient (Wildman–Crippen LogP) is 4.91. The van der Waals surface area contributed by atoms with Crippen LogP contribution in [-0.4, -0.2) is 54.6 Å². The Bertz CT molecular complexity index is 818. The number of halogens is 1. The predicted molar refractivity (Wildman–Crippen MR) is 115 cm³/mol. The molecule has 0 bridgehead atoms. The van der Waals surface area contributed by atoms with Gasteiger partial charge in [0.2, 0.25) is 0 Å². The van der Waals surface area contributed by atoms with Crippen molar-refractivity contribution in [3.63, 3.8) is 0 Å². The molecule has 2 aromatic rings. The zero-order chi connectivity index (χ0) is 18.1. The van der Waals surface area contributed by atoms with Gasteiger partial charge in [0.15, 0.2) is 0 Å². The number of benzene rings is 2. The summed E-state index contributed by atoms with van der Waals surface area (Å²) < 4.78 is 0. The minimum absolute atomic E-state index is 0.773. The molecule has 1 saturated heterocycles. The summed E-state index contributed by atoms with van der Waals surface area (Å²) in [6, 6.07) is 14.7. The summed E-state index contributed by atoms with van der Waals surface area (Å²) in [4.78, 5) is 10.7. The lowest BCUT2D eigenvalue weighted by atomic mass is 10.2. The minimum atomic E-state index is 0.773. The molecule has 1 fully saturated rings. The molecule has 2 aromatic carbocycles. The summed E-state index contributed by atoms with van der Waals surface area (Å²) in [7, 11) is 2.17. The Morgan fingerprint density at radius 2 is 1.77 bits per heavy atom. The van der Waals surface area contributed by atoms with Crippen molar-refractivity contribution < 1.29 is 0 Å². The standard InChI is InChI=1S/C20H22ClN3S2/c1-22-10-12-23(13-11-22)20(25)8-9-24-16-4-2-3-5-18(16)26-19-7-6-15(21)14-17(19)24/h2-7,14H,8-13H2,1H3. The second-order valence-electron chi connectivity index (χ2n) is 6.77. The first-order chi connectivity index (χ1) is 12.6. The lowest BCUT2D eigenvalue weighted by Gasteiger charge is -2.36. The average Bonchev–Trinajstić information content (AvgIpc) is 2.65. The Morgan fingerprint density at radius 1 is 1.04 bits per heavy atom. The van der Waals surface area contributed by atoms with E-state index in [2.05, 4.69) is 58.1 Å². The molecule has 4 rings (SSSR count). The Morgan fingerprint density at radius 3 is 2.58 bits per heavy atom. The van der Waals surface area contributed by atoms with Gasteiger partial charge in [-0.3, -0.25) is 0 Å². The molecule has 0 amide bonds. The molecule has 0 aromatic heterocycles. The lowest BCUT2D eigenvalue weighted by Crippen LogP contribution is -2.47. The van der Waals surface area contributed by atoms with E-state index in [4.69, 9.17) is 23.8 Å². The monoisotopic (exact) mass is 403 g/mol. The highest BCUT2D eigenvalue weighted by molar-refractivity contribution is 7.99. The van der Waals surface area contributed by atoms with Crippen molar-refractivity contribution in [2.75, 3.05) is 44.7 Å². The van der Waals surface area contributed by atoms with E-state index in [1.807, 2.05) is 17.8 Å². The number of para-hydroxylation sites is 1. The number of hydrogen-bond acceptors (Lipinski definition) is 4. The van der Waals surface area contributed by atoms with Crippen molar-refractivity contribution in [1.29, 1.82) is 0 Å². The molecular formula is C20H22ClN3S2. The van der Waals surface area contributed by atoms with Crippen LogP contribution in [-0.2, 0) is 0 Å². The molecule has 0 atom stereocenters. The van der Waals surface area contributed by atoms with Crippen LogP contribution in [0.2, 0.25) is 5.02 Å². The fourth-order valence-corrected chi connectivity index (χ4v) is 4.98. The van der Waals surface area contributed by atoms with Gasteiger partial charge in [0.05, 0.1) is 16.4 Å². The first-order valence-electron chi connectivity index (χ1n) is 8.92. The molecule has 0 aliphatic carbocycles. The molecule has 2 aliphatic heterocycles. The van der Waals surface area contributed by atoms with Crippen LogP contribution in [0.4, 0.5) is 11.4 Å². The summed E-state index contributed by atoms with van der Waals surface area (Å²) in [5.41, 5.74) is 2.43. The molecule has 26 heavy (non-hydrogen) atoms. The van der Waals surface area contributed by atoms with Gasteiger partial charge in [-0.15, -0.1) is 0 Å². The fourth-order valence-electron chi connectivity index (χ4n) is 3.46. The van der Waals surface area contributed by atoms with Crippen LogP contribution in [0.25, 0.3) is 0 Å². The minimum Gasteiger partial charge on any atom is -0.364 e. The smallest absolute Gasteiger partial charge is 0.0798 e. The molecule has 0 unspecified atom stereocenters. The summed E-state index contributed by atoms with van der Waals surface area (Å²) in [5, 5.41) is 0.773. The summed E-state index contributed by atoms with van der Waals surface area (Å²) in [5.74, 6) is 0. The van der Waals surface area contributed by atoms with Gasteiger partial charge < -0.3 is 14.7 Å². The molecule has 3 nitrogen and oxygen atoms in total. The van der Waals surface area contributed by atoms with E-state index < -0.39 is 0 Å². The number of nitrogens with zero attached hydrogens (tertiary/aromatic N) is 3. The van der Waals surface area contributed by atoms with Gasteiger partial charge in [0, 0.05) is 54.0 Å². The lowest BCUT2D eigenvalue weighted by molar-refractivity contribution is 0.215. The van der Waals surface area contributed by atoms with Crippen LogP contribution in [0.5, 0.6) is 0 Å². The molecule has 6 heteroatoms. The number of piperazine rings is 1. The van der Waals surface area contributed by atoms with Crippen LogP contribution in [0.1, 0.15) is 6.42 Å². The highest BCUT2D eigenvalue weighted by Crippen LogP contribution is 2.48. The van der Waals surface area contributed by atoms with Crippen molar-refractivity contribution in [2.45, 2.75) is 16.2 Å². The molecular weight excluding hydrogens is 382 g/mol. The van der Waals surface area contributed by atoms with Gasteiger partial charge in [0.1, 0.15) is 0 Å². The van der Waals surface area contributed by atoms with Gasteiger partial charge >= 0.3 is 0 Å². The van der Waals surface area contributed by atoms with Crippen molar-refractivity contribution in [1.82, 2.24) is 9.80 Å². The van der Waals surface area contributed by atoms with Crippen LogP contribution in [0, 0.1) is 0 Å². The van der Waals surface area contributed by atoms with Crippen LogP contribution < -0.4 is 4.90 Å². The van der Waals surface area contributed by atoms with Crippen LogP contribution in [0.15, 0.2) is 52.3 Å². The number of hydrogen-bond donors (Lipinski definition) is 0. The third kappa shape index (κ3) is 3.72. The third-order valence-corrected chi connectivity index (χ3v) is 6.82. The summed E-state index contributed by atoms with van der Waals surface area (Å²) >= 11 is 13.9. The maximum Gasteiger partial charge on any atom is 0.0798 e. The second kappa shape index (κ2) is 7.77. The molecule has 0 N–H and O–H groups in total. The summed E-state index contributed by atoms with van der Waals surface area (Å²) in [6.45, 7) is 5.11. The molecule has 0 saturated carbocycles. The van der Waals surface area contributed by atoms with Crippen molar-refractivity contribution in [3.05, 3.63) is 47.5 Å². The number of rotatable bonds is 3. The highest BCUT2D eigenvalue weighted by atomic mass is 35.5. The quantitative estimate of drug-likeness (QED) is 0.671. The van der Waals surface area contributed by atoms with Gasteiger partial charge in [-0.25, -0.2) is 0 Å². The first kappa shape index (κ1) is 18.1. The van der Waals surface area contributed by atoms with E-state index in [-0.39, 0.29) is 0 Å². The zero-order valence-corrected chi connectivity index (χ0v) is 17.2. The van der Waals surface area contributed by atoms with Gasteiger partial charge in [-0.2, -0.15) is 0 Å². The highest BCUT2D eigenvalue weighted by Gasteiger charge is 2.24. The van der Waals surface area contributed by atoms with Gasteiger partial charge in [-0.1, -0.05) is 47.7 Å². The second-order valence-corrected chi connectivity index (χ2v) is 8.76. The molecule has 0 spiro atoms. The Labute approximate surface area is 169 Å². The zero-order valence-electron chi connectivity index (χ0n) is 14.8. The SMILES string of the molecule is CN1CCN(C(=S)CCN2c3ccccc3Sc3ccc(Cl)cc32)CC1. The Balaban J connectivity index is 1.54. The van der Waals surface area contributed by atoms with Crippen LogP contribution in [0.3, 0.4) is 0 Å². The van der Waals surface area contributed by atoms with Gasteiger partial charge in [-0.05, 0) is 37.4 Å². The molecule has 0 radical (unpaired) electrons. The van der Waals surface area contributed by atoms with Gasteiger partial charge in [0.25, 0.3) is 0 Å². The van der Waals surface area contributed by atoms with Crippen molar-refractivity contribution >= 4 is 51.9 Å². The van der Waals surface area contributed by atoms with E-state index >= 15 is 0 Å². The fraction of sp³-hybridized carbons (Fsp3) is 0.350. The topological polar surface area (TPSA) is 9.72 Å². The first-order valence-corrected chi connectivity index (χ1v) is 10.5. The van der Waals surface area contributed by atoms with E-state index in [0.717, 1.165) is 49.2 Å². The number of anilines is 2. The van der Waals surface area contributed by atoms with E-state index in [0.29, 0.717) is 0 Å². The third-order valence-electron chi connectivity index (χ3n) is 4.99. The number of thiocarbonyl (C=S) groups is 1. The van der Waals surface area contributed by atoms with Crippen molar-refractivity contribution in [3.8, 4) is 0 Å². The largest absolute Gasteiger partial charge is 0.364 e. The Kier molecular flexibility index (Phi) is 5.41. The average molecular weight is 404 g/mol. The molecule has 136 valence electrons. The normalized spacial score (nSPS) is 17.0. The summed E-state index contributed by atoms with van der Waals surface area (Å²) in [6.07, 6.45) is 0.879. The maximum atomic E-state index is 6.29. The molecule has 2 aliphatic rings. The Hall–Kier alpha value is -1.27. The van der Waals surface area contributed by atoms with E-state index in [1.54, 1.807) is 0 Å². The number of likely N-dealkylation sites (N-methyl/N-ethyl adjacent to an activating group) is 1. The van der Waals surface area contributed by atoms with E-state index in [1.165, 1.54) is 21.2 Å².